The number of ether oxygens (including phenoxy) is 1. The number of aromatic nitrogens is 3. The third-order valence-corrected chi connectivity index (χ3v) is 5.83. The zero-order chi connectivity index (χ0) is 19.1. The van der Waals surface area contributed by atoms with E-state index in [1.54, 1.807) is 12.3 Å². The predicted octanol–water partition coefficient (Wildman–Crippen LogP) is 3.30. The number of hydrogen-bond donors (Lipinski definition) is 2. The zero-order valence-corrected chi connectivity index (χ0v) is 16.7. The number of fused-ring (bicyclic) bond motifs is 2. The molecule has 29 heavy (non-hydrogen) atoms. The van der Waals surface area contributed by atoms with E-state index in [1.165, 1.54) is 17.8 Å². The van der Waals surface area contributed by atoms with Gasteiger partial charge in [0, 0.05) is 36.0 Å². The first-order valence-electron chi connectivity index (χ1n) is 9.55. The molecule has 152 valence electrons. The van der Waals surface area contributed by atoms with Crippen molar-refractivity contribution in [1.82, 2.24) is 20.1 Å². The van der Waals surface area contributed by atoms with E-state index in [1.807, 2.05) is 12.1 Å². The van der Waals surface area contributed by atoms with Crippen LogP contribution in [0.3, 0.4) is 0 Å². The van der Waals surface area contributed by atoms with Crippen molar-refractivity contribution >= 4 is 18.2 Å². The first-order valence-corrected chi connectivity index (χ1v) is 9.55. The van der Waals surface area contributed by atoms with E-state index in [-0.39, 0.29) is 30.2 Å². The number of halogens is 2. The zero-order valence-electron chi connectivity index (χ0n) is 15.9. The Balaban J connectivity index is 0.00000205. The average molecular weight is 416 g/mol. The molecule has 1 unspecified atom stereocenters. The highest BCUT2D eigenvalue weighted by Crippen LogP contribution is 2.41. The number of hydrogen-bond acceptors (Lipinski definition) is 5. The number of rotatable bonds is 4. The molecule has 3 N–H and O–H groups in total. The maximum absolute atomic E-state index is 13.4. The van der Waals surface area contributed by atoms with Crippen molar-refractivity contribution in [3.63, 3.8) is 0 Å². The molecule has 0 bridgehead atoms. The van der Waals surface area contributed by atoms with Crippen LogP contribution in [0, 0.1) is 5.82 Å². The van der Waals surface area contributed by atoms with Gasteiger partial charge in [-0.25, -0.2) is 9.37 Å². The summed E-state index contributed by atoms with van der Waals surface area (Å²) in [6.45, 7) is 3.24. The predicted molar refractivity (Wildman–Crippen MR) is 112 cm³/mol. The number of pyridine rings is 1. The molecular formula is C21H23ClFN5O. The lowest BCUT2D eigenvalue weighted by Gasteiger charge is -2.20. The number of benzene rings is 1. The van der Waals surface area contributed by atoms with Crippen molar-refractivity contribution in [3.8, 4) is 17.0 Å². The summed E-state index contributed by atoms with van der Waals surface area (Å²) in [4.78, 5) is 4.27. The van der Waals surface area contributed by atoms with Gasteiger partial charge in [-0.1, -0.05) is 12.1 Å². The Morgan fingerprint density at radius 1 is 1.24 bits per heavy atom. The van der Waals surface area contributed by atoms with Crippen molar-refractivity contribution in [2.45, 2.75) is 31.4 Å². The van der Waals surface area contributed by atoms with Crippen LogP contribution in [0.4, 0.5) is 10.2 Å². The number of aryl methyl sites for hydroxylation is 1. The minimum Gasteiger partial charge on any atom is -0.485 e. The van der Waals surface area contributed by atoms with Gasteiger partial charge in [0.2, 0.25) is 0 Å². The Hall–Kier alpha value is -2.64. The molecule has 8 heteroatoms. The largest absolute Gasteiger partial charge is 0.485 e. The summed E-state index contributed by atoms with van der Waals surface area (Å²) >= 11 is 0. The minimum absolute atomic E-state index is 0. The molecule has 2 aliphatic heterocycles. The highest BCUT2D eigenvalue weighted by molar-refractivity contribution is 5.85. The molecule has 2 aliphatic rings. The lowest BCUT2D eigenvalue weighted by Crippen LogP contribution is -2.25. The van der Waals surface area contributed by atoms with E-state index in [9.17, 15) is 4.39 Å². The molecule has 3 aromatic rings. The van der Waals surface area contributed by atoms with Gasteiger partial charge < -0.3 is 15.8 Å². The molecule has 0 amide bonds. The molecule has 4 heterocycles. The van der Waals surface area contributed by atoms with E-state index in [4.69, 9.17) is 15.6 Å². The Kier molecular flexibility index (Phi) is 5.19. The summed E-state index contributed by atoms with van der Waals surface area (Å²) in [6.07, 6.45) is 4.02. The van der Waals surface area contributed by atoms with Gasteiger partial charge in [-0.2, -0.15) is 5.10 Å². The Morgan fingerprint density at radius 3 is 2.93 bits per heavy atom. The molecule has 1 atom stereocenters. The smallest absolute Gasteiger partial charge is 0.166 e. The van der Waals surface area contributed by atoms with Gasteiger partial charge in [0.1, 0.15) is 12.4 Å². The molecule has 6 nitrogen and oxygen atoms in total. The van der Waals surface area contributed by atoms with Crippen LogP contribution in [0.1, 0.15) is 24.1 Å². The van der Waals surface area contributed by atoms with Gasteiger partial charge in [0.25, 0.3) is 0 Å². The van der Waals surface area contributed by atoms with Gasteiger partial charge in [0.05, 0.1) is 5.69 Å². The Labute approximate surface area is 174 Å². The van der Waals surface area contributed by atoms with E-state index in [0.29, 0.717) is 11.6 Å². The maximum Gasteiger partial charge on any atom is 0.166 e. The van der Waals surface area contributed by atoms with Crippen molar-refractivity contribution in [3.05, 3.63) is 59.7 Å². The number of nitrogens with two attached hydrogens (primary N) is 1. The maximum atomic E-state index is 13.4. The summed E-state index contributed by atoms with van der Waals surface area (Å²) in [7, 11) is 0. The van der Waals surface area contributed by atoms with Crippen LogP contribution in [-0.2, 0) is 18.6 Å². The van der Waals surface area contributed by atoms with Crippen molar-refractivity contribution in [2.24, 2.45) is 0 Å². The van der Waals surface area contributed by atoms with Crippen LogP contribution in [0.25, 0.3) is 11.3 Å². The van der Waals surface area contributed by atoms with E-state index < -0.39 is 0 Å². The van der Waals surface area contributed by atoms with Crippen LogP contribution in [-0.4, -0.2) is 27.9 Å². The van der Waals surface area contributed by atoms with Crippen LogP contribution >= 0.6 is 12.4 Å². The number of nitrogens with zero attached hydrogens (tertiary/aromatic N) is 3. The van der Waals surface area contributed by atoms with Gasteiger partial charge in [0.15, 0.2) is 11.6 Å². The summed E-state index contributed by atoms with van der Waals surface area (Å²) in [5.41, 5.74) is 9.98. The van der Waals surface area contributed by atoms with E-state index in [0.717, 1.165) is 49.3 Å². The van der Waals surface area contributed by atoms with Crippen molar-refractivity contribution in [1.29, 1.82) is 0 Å². The van der Waals surface area contributed by atoms with Crippen molar-refractivity contribution < 1.29 is 9.13 Å². The number of nitrogen functional groups attached to an aromatic ring is 1. The van der Waals surface area contributed by atoms with Crippen LogP contribution in [0.5, 0.6) is 5.75 Å². The van der Waals surface area contributed by atoms with Gasteiger partial charge in [-0.3, -0.25) is 4.68 Å². The third kappa shape index (κ3) is 3.56. The van der Waals surface area contributed by atoms with Gasteiger partial charge in [-0.15, -0.1) is 12.4 Å². The van der Waals surface area contributed by atoms with E-state index >= 15 is 0 Å². The molecule has 1 spiro atoms. The van der Waals surface area contributed by atoms with Crippen molar-refractivity contribution in [2.75, 3.05) is 18.8 Å². The average Bonchev–Trinajstić information content (AvgIpc) is 3.40. The van der Waals surface area contributed by atoms with Crippen LogP contribution in [0.2, 0.25) is 0 Å². The van der Waals surface area contributed by atoms with Crippen LogP contribution in [0.15, 0.2) is 42.6 Å². The molecule has 0 aliphatic carbocycles. The second-order valence-corrected chi connectivity index (χ2v) is 7.62. The molecule has 0 radical (unpaired) electrons. The normalized spacial score (nSPS) is 19.9. The monoisotopic (exact) mass is 415 g/mol. The highest BCUT2D eigenvalue weighted by Gasteiger charge is 2.42. The molecule has 0 saturated carbocycles. The lowest BCUT2D eigenvalue weighted by atomic mass is 9.82. The Bertz CT molecular complexity index is 1030. The molecule has 1 fully saturated rings. The minimum atomic E-state index is -0.288. The Morgan fingerprint density at radius 2 is 2.14 bits per heavy atom. The fraction of sp³-hybridized carbons (Fsp3) is 0.333. The molecule has 1 aromatic carbocycles. The summed E-state index contributed by atoms with van der Waals surface area (Å²) in [6, 6.07) is 10.4. The summed E-state index contributed by atoms with van der Waals surface area (Å²) < 4.78 is 21.3. The number of nitrogens with one attached hydrogen (secondary N) is 1. The first kappa shape index (κ1) is 19.7. The summed E-state index contributed by atoms with van der Waals surface area (Å²) in [5, 5.41) is 8.26. The molecule has 5 rings (SSSR count). The quantitative estimate of drug-likeness (QED) is 0.683. The topological polar surface area (TPSA) is 78.0 Å². The van der Waals surface area contributed by atoms with E-state index in [2.05, 4.69) is 21.0 Å². The standard InChI is InChI=1S/C21H22FN5O.ClH/c22-16-3-1-2-14(8-16)12-28-18-9-15(11-25-20(18)23)17-10-19-21(4-6-24-13-21)5-7-27(19)26-17;/h1-3,8-11,24H,4-7,12-13H2,(H2,23,25);1H. The molecule has 2 aromatic heterocycles. The first-order chi connectivity index (χ1) is 13.6. The van der Waals surface area contributed by atoms with Crippen LogP contribution < -0.4 is 15.8 Å². The summed E-state index contributed by atoms with van der Waals surface area (Å²) in [5.74, 6) is 0.499. The number of anilines is 1. The second-order valence-electron chi connectivity index (χ2n) is 7.62. The second kappa shape index (κ2) is 7.65. The lowest BCUT2D eigenvalue weighted by molar-refractivity contribution is 0.306. The molecular weight excluding hydrogens is 393 g/mol. The van der Waals surface area contributed by atoms with Gasteiger partial charge in [-0.05, 0) is 49.2 Å². The molecule has 1 saturated heterocycles. The fourth-order valence-corrected chi connectivity index (χ4v) is 4.28. The fourth-order valence-electron chi connectivity index (χ4n) is 4.28. The SMILES string of the molecule is Cl.Nc1ncc(-c2cc3n(n2)CCC32CCNC2)cc1OCc1cccc(F)c1. The highest BCUT2D eigenvalue weighted by atomic mass is 35.5. The van der Waals surface area contributed by atoms with Gasteiger partial charge >= 0.3 is 0 Å². The third-order valence-electron chi connectivity index (χ3n) is 5.83.